The summed E-state index contributed by atoms with van der Waals surface area (Å²) in [5.41, 5.74) is 4.93. The van der Waals surface area contributed by atoms with Crippen molar-refractivity contribution in [3.05, 3.63) is 90.3 Å². The number of nitrogens with one attached hydrogen (secondary N) is 1. The smallest absolute Gasteiger partial charge is 0.157 e. The van der Waals surface area contributed by atoms with Gasteiger partial charge in [-0.1, -0.05) is 60.7 Å². The van der Waals surface area contributed by atoms with Crippen molar-refractivity contribution in [1.82, 2.24) is 15.2 Å². The standard InChI is InChI=1S/C24H24N4/c1-3-8-19(9-4-1)16-24(17-20-10-5-2-6-11-20)13-7-15-28(24)22-12-14-25-23-21(22)18-26-27-23/h1-6,8-12,14,18H,7,13,15-17H2,(H,25,26,27). The molecule has 28 heavy (non-hydrogen) atoms. The molecule has 4 aromatic rings. The molecular weight excluding hydrogens is 344 g/mol. The van der Waals surface area contributed by atoms with E-state index >= 15 is 0 Å². The molecule has 1 saturated heterocycles. The first-order valence-electron chi connectivity index (χ1n) is 9.98. The van der Waals surface area contributed by atoms with Crippen LogP contribution >= 0.6 is 0 Å². The molecule has 1 aliphatic heterocycles. The molecule has 0 atom stereocenters. The Bertz CT molecular complexity index is 1010. The number of nitrogens with zero attached hydrogens (tertiary/aromatic N) is 3. The van der Waals surface area contributed by atoms with E-state index in [2.05, 4.69) is 86.8 Å². The van der Waals surface area contributed by atoms with E-state index in [0.29, 0.717) is 0 Å². The van der Waals surface area contributed by atoms with Gasteiger partial charge in [0.25, 0.3) is 0 Å². The molecular formula is C24H24N4. The highest BCUT2D eigenvalue weighted by Crippen LogP contribution is 2.41. The van der Waals surface area contributed by atoms with Crippen LogP contribution in [0.4, 0.5) is 5.69 Å². The monoisotopic (exact) mass is 368 g/mol. The summed E-state index contributed by atoms with van der Waals surface area (Å²) < 4.78 is 0. The van der Waals surface area contributed by atoms with Gasteiger partial charge >= 0.3 is 0 Å². The molecule has 2 aromatic carbocycles. The van der Waals surface area contributed by atoms with Crippen LogP contribution in [0.3, 0.4) is 0 Å². The van der Waals surface area contributed by atoms with Gasteiger partial charge < -0.3 is 4.90 Å². The summed E-state index contributed by atoms with van der Waals surface area (Å²) in [5, 5.41) is 8.36. The van der Waals surface area contributed by atoms with Crippen molar-refractivity contribution in [1.29, 1.82) is 0 Å². The number of H-pyrrole nitrogens is 1. The second kappa shape index (κ2) is 7.12. The second-order valence-corrected chi connectivity index (χ2v) is 7.77. The van der Waals surface area contributed by atoms with Gasteiger partial charge in [-0.15, -0.1) is 0 Å². The topological polar surface area (TPSA) is 44.8 Å². The van der Waals surface area contributed by atoms with Gasteiger partial charge in [-0.25, -0.2) is 4.98 Å². The average molecular weight is 368 g/mol. The van der Waals surface area contributed by atoms with Crippen molar-refractivity contribution in [3.8, 4) is 0 Å². The molecule has 0 spiro atoms. The lowest BCUT2D eigenvalue weighted by atomic mass is 9.82. The SMILES string of the molecule is c1ccc(CC2(Cc3ccccc3)CCCN2c2ccnc3[nH]ncc23)cc1. The first kappa shape index (κ1) is 17.0. The molecule has 0 amide bonds. The Hall–Kier alpha value is -3.14. The van der Waals surface area contributed by atoms with Crippen LogP contribution in [0.5, 0.6) is 0 Å². The van der Waals surface area contributed by atoms with E-state index in [-0.39, 0.29) is 5.54 Å². The number of hydrogen-bond acceptors (Lipinski definition) is 3. The van der Waals surface area contributed by atoms with Crippen LogP contribution in [-0.4, -0.2) is 27.3 Å². The molecule has 4 heteroatoms. The maximum absolute atomic E-state index is 4.44. The minimum absolute atomic E-state index is 0.0499. The van der Waals surface area contributed by atoms with E-state index in [1.54, 1.807) is 0 Å². The summed E-state index contributed by atoms with van der Waals surface area (Å²) in [6.45, 7) is 1.06. The third-order valence-electron chi connectivity index (χ3n) is 5.97. The molecule has 1 aliphatic rings. The van der Waals surface area contributed by atoms with E-state index in [4.69, 9.17) is 0 Å². The van der Waals surface area contributed by atoms with Crippen molar-refractivity contribution >= 4 is 16.7 Å². The fraction of sp³-hybridized carbons (Fsp3) is 0.250. The molecule has 0 saturated carbocycles. The number of aromatic nitrogens is 3. The van der Waals surface area contributed by atoms with Gasteiger partial charge in [-0.2, -0.15) is 5.10 Å². The van der Waals surface area contributed by atoms with Gasteiger partial charge in [0.15, 0.2) is 5.65 Å². The largest absolute Gasteiger partial charge is 0.364 e. The van der Waals surface area contributed by atoms with E-state index < -0.39 is 0 Å². The van der Waals surface area contributed by atoms with Crippen LogP contribution in [0.2, 0.25) is 0 Å². The van der Waals surface area contributed by atoms with E-state index in [1.165, 1.54) is 29.7 Å². The molecule has 1 N–H and O–H groups in total. The number of rotatable bonds is 5. The molecule has 5 rings (SSSR count). The number of aromatic amines is 1. The van der Waals surface area contributed by atoms with Crippen LogP contribution in [0.1, 0.15) is 24.0 Å². The Morgan fingerprint density at radius 3 is 2.25 bits per heavy atom. The number of pyridine rings is 1. The van der Waals surface area contributed by atoms with Gasteiger partial charge in [-0.3, -0.25) is 5.10 Å². The third-order valence-corrected chi connectivity index (χ3v) is 5.97. The molecule has 0 aliphatic carbocycles. The Kier molecular flexibility index (Phi) is 4.32. The Morgan fingerprint density at radius 2 is 1.57 bits per heavy atom. The van der Waals surface area contributed by atoms with E-state index in [1.807, 2.05) is 12.4 Å². The molecule has 0 bridgehead atoms. The zero-order valence-corrected chi connectivity index (χ0v) is 15.9. The first-order valence-corrected chi connectivity index (χ1v) is 9.98. The van der Waals surface area contributed by atoms with Crippen molar-refractivity contribution in [2.45, 2.75) is 31.2 Å². The lowest BCUT2D eigenvalue weighted by Gasteiger charge is -2.41. The maximum atomic E-state index is 4.44. The molecule has 0 radical (unpaired) electrons. The molecule has 2 aromatic heterocycles. The maximum Gasteiger partial charge on any atom is 0.157 e. The lowest BCUT2D eigenvalue weighted by molar-refractivity contribution is 0.418. The van der Waals surface area contributed by atoms with Crippen LogP contribution in [0.15, 0.2) is 79.1 Å². The fourth-order valence-electron chi connectivity index (χ4n) is 4.77. The normalized spacial score (nSPS) is 15.9. The highest BCUT2D eigenvalue weighted by molar-refractivity contribution is 5.89. The first-order chi connectivity index (χ1) is 13.8. The Balaban J connectivity index is 1.60. The summed E-state index contributed by atoms with van der Waals surface area (Å²) in [6, 6.07) is 23.9. The Morgan fingerprint density at radius 1 is 0.893 bits per heavy atom. The highest BCUT2D eigenvalue weighted by atomic mass is 15.2. The van der Waals surface area contributed by atoms with Crippen LogP contribution in [0.25, 0.3) is 11.0 Å². The lowest BCUT2D eigenvalue weighted by Crippen LogP contribution is -2.48. The summed E-state index contributed by atoms with van der Waals surface area (Å²) in [7, 11) is 0. The van der Waals surface area contributed by atoms with Crippen LogP contribution < -0.4 is 4.90 Å². The predicted molar refractivity (Wildman–Crippen MR) is 113 cm³/mol. The van der Waals surface area contributed by atoms with Crippen molar-refractivity contribution in [2.75, 3.05) is 11.4 Å². The molecule has 1 fully saturated rings. The summed E-state index contributed by atoms with van der Waals surface area (Å²) in [4.78, 5) is 7.06. The van der Waals surface area contributed by atoms with Crippen LogP contribution in [0, 0.1) is 0 Å². The van der Waals surface area contributed by atoms with E-state index in [9.17, 15) is 0 Å². The van der Waals surface area contributed by atoms with Gasteiger partial charge in [0.1, 0.15) is 0 Å². The second-order valence-electron chi connectivity index (χ2n) is 7.77. The van der Waals surface area contributed by atoms with Gasteiger partial charge in [-0.05, 0) is 42.9 Å². The summed E-state index contributed by atoms with van der Waals surface area (Å²) >= 11 is 0. The zero-order chi connectivity index (χ0) is 18.8. The van der Waals surface area contributed by atoms with Crippen molar-refractivity contribution < 1.29 is 0 Å². The molecule has 3 heterocycles. The Labute approximate surface area is 165 Å². The average Bonchev–Trinajstić information content (AvgIpc) is 3.36. The number of anilines is 1. The van der Waals surface area contributed by atoms with Crippen molar-refractivity contribution in [2.24, 2.45) is 0 Å². The fourth-order valence-corrected chi connectivity index (χ4v) is 4.77. The molecule has 4 nitrogen and oxygen atoms in total. The molecule has 140 valence electrons. The zero-order valence-electron chi connectivity index (χ0n) is 15.9. The summed E-state index contributed by atoms with van der Waals surface area (Å²) in [5.74, 6) is 0. The number of benzene rings is 2. The van der Waals surface area contributed by atoms with Gasteiger partial charge in [0, 0.05) is 18.3 Å². The highest BCUT2D eigenvalue weighted by Gasteiger charge is 2.41. The van der Waals surface area contributed by atoms with Crippen molar-refractivity contribution in [3.63, 3.8) is 0 Å². The third kappa shape index (κ3) is 3.05. The number of hydrogen-bond donors (Lipinski definition) is 1. The predicted octanol–water partition coefficient (Wildman–Crippen LogP) is 4.78. The van der Waals surface area contributed by atoms with E-state index in [0.717, 1.165) is 30.4 Å². The molecule has 0 unspecified atom stereocenters. The van der Waals surface area contributed by atoms with Gasteiger partial charge in [0.2, 0.25) is 0 Å². The summed E-state index contributed by atoms with van der Waals surface area (Å²) in [6.07, 6.45) is 8.24. The van der Waals surface area contributed by atoms with Crippen LogP contribution in [-0.2, 0) is 12.8 Å². The minimum atomic E-state index is 0.0499. The number of fused-ring (bicyclic) bond motifs is 1. The van der Waals surface area contributed by atoms with Gasteiger partial charge in [0.05, 0.1) is 17.3 Å². The quantitative estimate of drug-likeness (QED) is 0.551. The minimum Gasteiger partial charge on any atom is -0.364 e.